The molecular weight excluding hydrogens is 272 g/mol. The van der Waals surface area contributed by atoms with E-state index in [1.807, 2.05) is 4.90 Å². The fourth-order valence-electron chi connectivity index (χ4n) is 3.68. The van der Waals surface area contributed by atoms with E-state index in [-0.39, 0.29) is 30.1 Å². The Labute approximate surface area is 126 Å². The number of fused-ring (bicyclic) bond motifs is 1. The van der Waals surface area contributed by atoms with E-state index in [4.69, 9.17) is 9.47 Å². The average molecular weight is 298 g/mol. The number of hydrogen-bond donors (Lipinski definition) is 1. The fourth-order valence-corrected chi connectivity index (χ4v) is 3.68. The number of piperidine rings is 1. The van der Waals surface area contributed by atoms with Gasteiger partial charge in [-0.1, -0.05) is 0 Å². The number of likely N-dealkylation sites (tertiary alicyclic amines) is 1. The zero-order chi connectivity index (χ0) is 14.8. The molecule has 0 aromatic rings. The van der Waals surface area contributed by atoms with Crippen molar-refractivity contribution in [2.45, 2.75) is 37.5 Å². The van der Waals surface area contributed by atoms with Crippen molar-refractivity contribution in [1.82, 2.24) is 9.80 Å². The molecule has 1 N–H and O–H groups in total. The number of carbonyl (C=O) groups is 1. The lowest BCUT2D eigenvalue weighted by molar-refractivity contribution is -0.153. The van der Waals surface area contributed by atoms with Gasteiger partial charge >= 0.3 is 0 Å². The van der Waals surface area contributed by atoms with Crippen molar-refractivity contribution in [1.29, 1.82) is 0 Å². The number of amides is 1. The molecule has 1 saturated carbocycles. The van der Waals surface area contributed by atoms with Crippen molar-refractivity contribution in [2.24, 2.45) is 5.92 Å². The van der Waals surface area contributed by atoms with E-state index in [1.165, 1.54) is 0 Å². The van der Waals surface area contributed by atoms with Crippen LogP contribution in [0.15, 0.2) is 0 Å². The van der Waals surface area contributed by atoms with Gasteiger partial charge < -0.3 is 19.5 Å². The van der Waals surface area contributed by atoms with Crippen molar-refractivity contribution in [2.75, 3.05) is 46.5 Å². The van der Waals surface area contributed by atoms with Crippen LogP contribution in [0, 0.1) is 5.92 Å². The van der Waals surface area contributed by atoms with Gasteiger partial charge in [-0.25, -0.2) is 0 Å². The lowest BCUT2D eigenvalue weighted by Gasteiger charge is -2.48. The second-order valence-electron chi connectivity index (χ2n) is 6.40. The summed E-state index contributed by atoms with van der Waals surface area (Å²) < 4.78 is 11.1. The van der Waals surface area contributed by atoms with Crippen LogP contribution >= 0.6 is 0 Å². The van der Waals surface area contributed by atoms with Gasteiger partial charge in [0.15, 0.2) is 0 Å². The molecule has 6 heteroatoms. The molecule has 1 aliphatic carbocycles. The van der Waals surface area contributed by atoms with Crippen molar-refractivity contribution < 1.29 is 19.4 Å². The first kappa shape index (κ1) is 15.2. The largest absolute Gasteiger partial charge is 0.393 e. The van der Waals surface area contributed by atoms with Crippen LogP contribution in [0.1, 0.15) is 19.3 Å². The molecule has 3 fully saturated rings. The quantitative estimate of drug-likeness (QED) is 0.772. The maximum atomic E-state index is 12.5. The Morgan fingerprint density at radius 1 is 1.38 bits per heavy atom. The molecule has 2 saturated heterocycles. The van der Waals surface area contributed by atoms with E-state index >= 15 is 0 Å². The van der Waals surface area contributed by atoms with E-state index in [2.05, 4.69) is 4.90 Å². The van der Waals surface area contributed by atoms with Crippen molar-refractivity contribution in [3.05, 3.63) is 0 Å². The molecule has 0 bridgehead atoms. The minimum absolute atomic E-state index is 0.0356. The van der Waals surface area contributed by atoms with Crippen LogP contribution in [-0.2, 0) is 14.3 Å². The van der Waals surface area contributed by atoms with Crippen LogP contribution < -0.4 is 0 Å². The molecule has 0 aromatic carbocycles. The fraction of sp³-hybridized carbons (Fsp3) is 0.933. The topological polar surface area (TPSA) is 62.2 Å². The average Bonchev–Trinajstić information content (AvgIpc) is 2.48. The number of aliphatic hydroxyl groups excluding tert-OH is 1. The minimum Gasteiger partial charge on any atom is -0.393 e. The van der Waals surface area contributed by atoms with Gasteiger partial charge in [0, 0.05) is 39.2 Å². The van der Waals surface area contributed by atoms with Gasteiger partial charge in [-0.05, 0) is 19.3 Å². The summed E-state index contributed by atoms with van der Waals surface area (Å²) in [5, 5.41) is 9.38. The van der Waals surface area contributed by atoms with Gasteiger partial charge in [0.2, 0.25) is 5.91 Å². The molecule has 3 aliphatic rings. The number of hydrogen-bond acceptors (Lipinski definition) is 5. The molecule has 6 nitrogen and oxygen atoms in total. The highest BCUT2D eigenvalue weighted by atomic mass is 16.5. The zero-order valence-corrected chi connectivity index (χ0v) is 12.7. The van der Waals surface area contributed by atoms with E-state index in [9.17, 15) is 9.90 Å². The Balaban J connectivity index is 1.58. The number of carbonyl (C=O) groups excluding carboxylic acids is 1. The van der Waals surface area contributed by atoms with Gasteiger partial charge in [0.05, 0.1) is 31.5 Å². The zero-order valence-electron chi connectivity index (χ0n) is 12.7. The molecule has 1 amide bonds. The van der Waals surface area contributed by atoms with Crippen molar-refractivity contribution in [3.63, 3.8) is 0 Å². The molecule has 2 heterocycles. The number of aliphatic hydroxyl groups is 1. The third-order valence-corrected chi connectivity index (χ3v) is 5.06. The van der Waals surface area contributed by atoms with Crippen LogP contribution in [0.25, 0.3) is 0 Å². The molecule has 2 atom stereocenters. The highest BCUT2D eigenvalue weighted by Crippen LogP contribution is 2.31. The second-order valence-corrected chi connectivity index (χ2v) is 6.40. The van der Waals surface area contributed by atoms with Gasteiger partial charge in [0.25, 0.3) is 0 Å². The minimum atomic E-state index is -0.271. The first-order chi connectivity index (χ1) is 10.2. The summed E-state index contributed by atoms with van der Waals surface area (Å²) in [7, 11) is 1.72. The summed E-state index contributed by atoms with van der Waals surface area (Å²) in [6.45, 7) is 4.82. The lowest BCUT2D eigenvalue weighted by Crippen LogP contribution is -2.62. The molecule has 0 unspecified atom stereocenters. The molecule has 0 spiro atoms. The lowest BCUT2D eigenvalue weighted by atomic mass is 9.81. The summed E-state index contributed by atoms with van der Waals surface area (Å²) in [6.07, 6.45) is 2.15. The predicted molar refractivity (Wildman–Crippen MR) is 76.9 cm³/mol. The Morgan fingerprint density at radius 2 is 2.19 bits per heavy atom. The number of nitrogens with zero attached hydrogens (tertiary/aromatic N) is 2. The summed E-state index contributed by atoms with van der Waals surface area (Å²) in [5.41, 5.74) is 0. The first-order valence-electron chi connectivity index (χ1n) is 8.00. The van der Waals surface area contributed by atoms with Gasteiger partial charge in [-0.15, -0.1) is 0 Å². The maximum Gasteiger partial charge on any atom is 0.225 e. The van der Waals surface area contributed by atoms with Gasteiger partial charge in [0.1, 0.15) is 0 Å². The standard InChI is InChI=1S/C15H26N2O4/c1-20-6-4-16-5-7-21-14-2-3-17(10-13(14)16)15(19)11-8-12(18)9-11/h11-14,18H,2-10H2,1H3/t11?,12?,13-,14-/m0/s1. The molecule has 0 aromatic heterocycles. The van der Waals surface area contributed by atoms with Crippen LogP contribution in [0.2, 0.25) is 0 Å². The summed E-state index contributed by atoms with van der Waals surface area (Å²) in [5.74, 6) is 0.254. The summed E-state index contributed by atoms with van der Waals surface area (Å²) >= 11 is 0. The predicted octanol–water partition coefficient (Wildman–Crippen LogP) is -0.295. The third-order valence-electron chi connectivity index (χ3n) is 5.06. The molecule has 21 heavy (non-hydrogen) atoms. The monoisotopic (exact) mass is 298 g/mol. The maximum absolute atomic E-state index is 12.5. The van der Waals surface area contributed by atoms with Crippen molar-refractivity contribution in [3.8, 4) is 0 Å². The Kier molecular flexibility index (Phi) is 4.78. The molecule has 3 rings (SSSR count). The van der Waals surface area contributed by atoms with Gasteiger partial charge in [-0.3, -0.25) is 9.69 Å². The first-order valence-corrected chi connectivity index (χ1v) is 8.00. The van der Waals surface area contributed by atoms with E-state index in [0.29, 0.717) is 19.4 Å². The number of ether oxygens (including phenoxy) is 2. The Morgan fingerprint density at radius 3 is 2.90 bits per heavy atom. The Bertz CT molecular complexity index is 373. The number of morpholine rings is 1. The number of methoxy groups -OCH3 is 1. The normalized spacial score (nSPS) is 37.0. The van der Waals surface area contributed by atoms with Crippen LogP contribution in [0.3, 0.4) is 0 Å². The summed E-state index contributed by atoms with van der Waals surface area (Å²) in [6, 6.07) is 0.289. The molecule has 2 aliphatic heterocycles. The van der Waals surface area contributed by atoms with Crippen molar-refractivity contribution >= 4 is 5.91 Å². The third kappa shape index (κ3) is 3.23. The SMILES string of the molecule is COCCN1CCO[C@H]2CCN(C(=O)C3CC(O)C3)C[C@@H]21. The van der Waals surface area contributed by atoms with E-state index in [1.54, 1.807) is 7.11 Å². The highest BCUT2D eigenvalue weighted by molar-refractivity contribution is 5.80. The van der Waals surface area contributed by atoms with Gasteiger partial charge in [-0.2, -0.15) is 0 Å². The van der Waals surface area contributed by atoms with Crippen LogP contribution in [0.4, 0.5) is 0 Å². The smallest absolute Gasteiger partial charge is 0.225 e. The van der Waals surface area contributed by atoms with Crippen LogP contribution in [-0.4, -0.2) is 85.6 Å². The summed E-state index contributed by atoms with van der Waals surface area (Å²) in [4.78, 5) is 16.8. The van der Waals surface area contributed by atoms with E-state index < -0.39 is 0 Å². The number of rotatable bonds is 4. The van der Waals surface area contributed by atoms with E-state index in [0.717, 1.165) is 39.2 Å². The highest BCUT2D eigenvalue weighted by Gasteiger charge is 2.42. The second kappa shape index (κ2) is 6.60. The molecule has 0 radical (unpaired) electrons. The molecular formula is C15H26N2O4. The van der Waals surface area contributed by atoms with Crippen LogP contribution in [0.5, 0.6) is 0 Å². The Hall–Kier alpha value is -0.690. The molecule has 120 valence electrons.